The zero-order valence-electron chi connectivity index (χ0n) is 14.0. The van der Waals surface area contributed by atoms with Crippen molar-refractivity contribution < 1.29 is 4.79 Å². The lowest BCUT2D eigenvalue weighted by atomic mass is 10.1. The van der Waals surface area contributed by atoms with Gasteiger partial charge < -0.3 is 9.88 Å². The van der Waals surface area contributed by atoms with Crippen LogP contribution < -0.4 is 5.32 Å². The van der Waals surface area contributed by atoms with Gasteiger partial charge in [0, 0.05) is 6.54 Å². The quantitative estimate of drug-likeness (QED) is 0.728. The van der Waals surface area contributed by atoms with Crippen molar-refractivity contribution in [3.05, 3.63) is 78.1 Å². The summed E-state index contributed by atoms with van der Waals surface area (Å²) in [6, 6.07) is 16.2. The van der Waals surface area contributed by atoms with E-state index >= 15 is 0 Å². The molecule has 0 aliphatic carbocycles. The summed E-state index contributed by atoms with van der Waals surface area (Å²) in [4.78, 5) is 16.4. The highest BCUT2D eigenvalue weighted by atomic mass is 16.1. The van der Waals surface area contributed by atoms with Crippen LogP contribution in [0.15, 0.2) is 61.2 Å². The Morgan fingerprint density at radius 1 is 1.25 bits per heavy atom. The lowest BCUT2D eigenvalue weighted by Crippen LogP contribution is -2.27. The van der Waals surface area contributed by atoms with E-state index in [0.29, 0.717) is 0 Å². The minimum absolute atomic E-state index is 0.197. The molecule has 1 atom stereocenters. The van der Waals surface area contributed by atoms with Crippen molar-refractivity contribution in [2.45, 2.75) is 26.4 Å². The molecule has 0 saturated heterocycles. The first-order valence-electron chi connectivity index (χ1n) is 8.02. The Balaban J connectivity index is 2.07. The maximum Gasteiger partial charge on any atom is 0.243 e. The minimum Gasteiger partial charge on any atom is -0.343 e. The number of nitrogens with one attached hydrogen (secondary N) is 1. The van der Waals surface area contributed by atoms with Crippen LogP contribution in [0.5, 0.6) is 0 Å². The van der Waals surface area contributed by atoms with Crippen molar-refractivity contribution in [1.29, 1.82) is 0 Å². The largest absolute Gasteiger partial charge is 0.343 e. The van der Waals surface area contributed by atoms with Gasteiger partial charge in [0.15, 0.2) is 0 Å². The summed E-state index contributed by atoms with van der Waals surface area (Å²) < 4.78 is 2.17. The molecule has 122 valence electrons. The fraction of sp³-hybridized carbons (Fsp3) is 0.200. The van der Waals surface area contributed by atoms with E-state index in [0.717, 1.165) is 23.4 Å². The molecule has 0 fully saturated rings. The SMILES string of the molecule is C=CC(=O)NC(C)c1nc2ccccc2n1Cc1ccccc1C. The number of hydrogen-bond donors (Lipinski definition) is 1. The lowest BCUT2D eigenvalue weighted by molar-refractivity contribution is -0.117. The molecule has 3 aromatic rings. The van der Waals surface area contributed by atoms with Crippen molar-refractivity contribution in [1.82, 2.24) is 14.9 Å². The number of para-hydroxylation sites is 2. The Morgan fingerprint density at radius 2 is 1.96 bits per heavy atom. The number of carbonyl (C=O) groups excluding carboxylic acids is 1. The molecule has 0 saturated carbocycles. The van der Waals surface area contributed by atoms with Crippen LogP contribution in [-0.4, -0.2) is 15.5 Å². The number of benzene rings is 2. The lowest BCUT2D eigenvalue weighted by Gasteiger charge is -2.16. The number of imidazole rings is 1. The Morgan fingerprint density at radius 3 is 2.71 bits per heavy atom. The third kappa shape index (κ3) is 3.08. The van der Waals surface area contributed by atoms with Gasteiger partial charge in [0.2, 0.25) is 5.91 Å². The average Bonchev–Trinajstić information content (AvgIpc) is 2.95. The van der Waals surface area contributed by atoms with Gasteiger partial charge in [-0.25, -0.2) is 4.98 Å². The average molecular weight is 319 g/mol. The van der Waals surface area contributed by atoms with Crippen LogP contribution in [0.3, 0.4) is 0 Å². The number of amides is 1. The summed E-state index contributed by atoms with van der Waals surface area (Å²) in [5.41, 5.74) is 4.48. The van der Waals surface area contributed by atoms with Crippen LogP contribution in [0, 0.1) is 6.92 Å². The van der Waals surface area contributed by atoms with Gasteiger partial charge in [-0.15, -0.1) is 0 Å². The topological polar surface area (TPSA) is 46.9 Å². The minimum atomic E-state index is -0.202. The number of carbonyl (C=O) groups is 1. The zero-order chi connectivity index (χ0) is 17.1. The second-order valence-electron chi connectivity index (χ2n) is 5.91. The van der Waals surface area contributed by atoms with Gasteiger partial charge in [-0.1, -0.05) is 43.0 Å². The number of hydrogen-bond acceptors (Lipinski definition) is 2. The summed E-state index contributed by atoms with van der Waals surface area (Å²) in [6.45, 7) is 8.28. The third-order valence-electron chi connectivity index (χ3n) is 4.21. The van der Waals surface area contributed by atoms with Crippen molar-refractivity contribution in [2.24, 2.45) is 0 Å². The molecule has 2 aromatic carbocycles. The molecule has 4 nitrogen and oxygen atoms in total. The molecule has 0 aliphatic heterocycles. The standard InChI is InChI=1S/C20H21N3O/c1-4-19(24)21-15(3)20-22-17-11-7-8-12-18(17)23(20)13-16-10-6-5-9-14(16)2/h4-12,15H,1,13H2,2-3H3,(H,21,24). The van der Waals surface area contributed by atoms with Gasteiger partial charge in [-0.2, -0.15) is 0 Å². The van der Waals surface area contributed by atoms with Gasteiger partial charge in [0.05, 0.1) is 17.1 Å². The molecular formula is C20H21N3O. The second-order valence-corrected chi connectivity index (χ2v) is 5.91. The predicted octanol–water partition coefficient (Wildman–Crippen LogP) is 3.76. The first-order valence-corrected chi connectivity index (χ1v) is 8.02. The van der Waals surface area contributed by atoms with Crippen LogP contribution in [0.25, 0.3) is 11.0 Å². The Labute approximate surface area is 141 Å². The molecule has 1 heterocycles. The maximum atomic E-state index is 11.7. The van der Waals surface area contributed by atoms with Crippen molar-refractivity contribution in [3.8, 4) is 0 Å². The summed E-state index contributed by atoms with van der Waals surface area (Å²) in [5, 5.41) is 2.91. The van der Waals surface area contributed by atoms with Gasteiger partial charge >= 0.3 is 0 Å². The Hall–Kier alpha value is -2.88. The van der Waals surface area contributed by atoms with Crippen LogP contribution in [0.2, 0.25) is 0 Å². The molecule has 0 bridgehead atoms. The van der Waals surface area contributed by atoms with E-state index in [2.05, 4.69) is 41.6 Å². The summed E-state index contributed by atoms with van der Waals surface area (Å²) in [6.07, 6.45) is 1.28. The fourth-order valence-corrected chi connectivity index (χ4v) is 2.89. The Kier molecular flexibility index (Phi) is 4.47. The smallest absolute Gasteiger partial charge is 0.243 e. The van der Waals surface area contributed by atoms with Crippen LogP contribution in [-0.2, 0) is 11.3 Å². The van der Waals surface area contributed by atoms with E-state index < -0.39 is 0 Å². The normalized spacial score (nSPS) is 12.1. The molecule has 1 amide bonds. The number of aryl methyl sites for hydroxylation is 1. The Bertz CT molecular complexity index is 895. The molecule has 4 heteroatoms. The zero-order valence-corrected chi connectivity index (χ0v) is 14.0. The van der Waals surface area contributed by atoms with Crippen LogP contribution in [0.1, 0.15) is 29.9 Å². The van der Waals surface area contributed by atoms with Crippen molar-refractivity contribution in [3.63, 3.8) is 0 Å². The molecule has 0 spiro atoms. The fourth-order valence-electron chi connectivity index (χ4n) is 2.89. The number of nitrogens with zero attached hydrogens (tertiary/aromatic N) is 2. The predicted molar refractivity (Wildman–Crippen MR) is 96.8 cm³/mol. The van der Waals surface area contributed by atoms with Gasteiger partial charge in [-0.3, -0.25) is 4.79 Å². The highest BCUT2D eigenvalue weighted by molar-refractivity contribution is 5.87. The molecule has 0 aliphatic rings. The molecule has 1 unspecified atom stereocenters. The van der Waals surface area contributed by atoms with Crippen molar-refractivity contribution in [2.75, 3.05) is 0 Å². The highest BCUT2D eigenvalue weighted by Crippen LogP contribution is 2.23. The monoisotopic (exact) mass is 319 g/mol. The van der Waals surface area contributed by atoms with Crippen LogP contribution >= 0.6 is 0 Å². The van der Waals surface area contributed by atoms with Gasteiger partial charge in [0.25, 0.3) is 0 Å². The molecule has 24 heavy (non-hydrogen) atoms. The van der Waals surface area contributed by atoms with E-state index in [1.165, 1.54) is 17.2 Å². The summed E-state index contributed by atoms with van der Waals surface area (Å²) in [5.74, 6) is 0.645. The van der Waals surface area contributed by atoms with Gasteiger partial charge in [0.1, 0.15) is 5.82 Å². The van der Waals surface area contributed by atoms with E-state index in [1.54, 1.807) is 0 Å². The summed E-state index contributed by atoms with van der Waals surface area (Å²) in [7, 11) is 0. The van der Waals surface area contributed by atoms with E-state index in [9.17, 15) is 4.79 Å². The van der Waals surface area contributed by atoms with E-state index in [1.807, 2.05) is 37.3 Å². The highest BCUT2D eigenvalue weighted by Gasteiger charge is 2.18. The molecule has 1 N–H and O–H groups in total. The summed E-state index contributed by atoms with van der Waals surface area (Å²) >= 11 is 0. The van der Waals surface area contributed by atoms with E-state index in [4.69, 9.17) is 4.98 Å². The second kappa shape index (κ2) is 6.71. The number of fused-ring (bicyclic) bond motifs is 1. The number of aromatic nitrogens is 2. The molecule has 1 aromatic heterocycles. The first-order chi connectivity index (χ1) is 11.6. The molecule has 3 rings (SSSR count). The van der Waals surface area contributed by atoms with Gasteiger partial charge in [-0.05, 0) is 43.2 Å². The van der Waals surface area contributed by atoms with E-state index in [-0.39, 0.29) is 11.9 Å². The molecular weight excluding hydrogens is 298 g/mol. The maximum absolute atomic E-state index is 11.7. The molecule has 0 radical (unpaired) electrons. The first kappa shape index (κ1) is 16.0. The third-order valence-corrected chi connectivity index (χ3v) is 4.21. The number of rotatable bonds is 5. The van der Waals surface area contributed by atoms with Crippen LogP contribution in [0.4, 0.5) is 0 Å². The van der Waals surface area contributed by atoms with Crippen molar-refractivity contribution >= 4 is 16.9 Å².